The molecule has 0 aliphatic heterocycles. The highest BCUT2D eigenvalue weighted by atomic mass is 32.3. The SMILES string of the molecule is C=CCNC(N)=NC.O=S(=O)(O)O. The van der Waals surface area contributed by atoms with Crippen LogP contribution in [0.1, 0.15) is 0 Å². The van der Waals surface area contributed by atoms with Gasteiger partial charge in [0.15, 0.2) is 5.96 Å². The molecule has 13 heavy (non-hydrogen) atoms. The second-order valence-corrected chi connectivity index (χ2v) is 2.62. The van der Waals surface area contributed by atoms with Gasteiger partial charge in [0.1, 0.15) is 0 Å². The fourth-order valence-corrected chi connectivity index (χ4v) is 0.256. The summed E-state index contributed by atoms with van der Waals surface area (Å²) in [5.74, 6) is 0.449. The molecule has 8 heteroatoms. The number of hydrogen-bond donors (Lipinski definition) is 4. The van der Waals surface area contributed by atoms with Crippen molar-refractivity contribution in [3.8, 4) is 0 Å². The topological polar surface area (TPSA) is 125 Å². The zero-order valence-corrected chi connectivity index (χ0v) is 7.95. The van der Waals surface area contributed by atoms with Crippen molar-refractivity contribution in [2.45, 2.75) is 0 Å². The van der Waals surface area contributed by atoms with E-state index in [1.807, 2.05) is 0 Å². The summed E-state index contributed by atoms with van der Waals surface area (Å²) in [6, 6.07) is 0. The van der Waals surface area contributed by atoms with Crippen molar-refractivity contribution in [3.05, 3.63) is 12.7 Å². The van der Waals surface area contributed by atoms with E-state index in [1.165, 1.54) is 0 Å². The molecule has 7 nitrogen and oxygen atoms in total. The van der Waals surface area contributed by atoms with Gasteiger partial charge in [-0.25, -0.2) is 0 Å². The van der Waals surface area contributed by atoms with E-state index in [0.717, 1.165) is 0 Å². The summed E-state index contributed by atoms with van der Waals surface area (Å²) >= 11 is 0. The number of rotatable bonds is 2. The van der Waals surface area contributed by atoms with Gasteiger partial charge in [0.2, 0.25) is 0 Å². The van der Waals surface area contributed by atoms with E-state index in [9.17, 15) is 0 Å². The standard InChI is InChI=1S/C5H11N3.H2O4S/c1-3-4-8-5(6)7-2;1-5(2,3)4/h3H,1,4H2,2H3,(H3,6,7,8);(H2,1,2,3,4). The Balaban J connectivity index is 0. The molecule has 0 aliphatic carbocycles. The van der Waals surface area contributed by atoms with Gasteiger partial charge in [-0.2, -0.15) is 8.42 Å². The number of nitrogens with two attached hydrogens (primary N) is 1. The van der Waals surface area contributed by atoms with Crippen LogP contribution in [0.5, 0.6) is 0 Å². The number of nitrogens with one attached hydrogen (secondary N) is 1. The highest BCUT2D eigenvalue weighted by Crippen LogP contribution is 1.59. The molecule has 0 radical (unpaired) electrons. The molecule has 0 amide bonds. The largest absolute Gasteiger partial charge is 0.394 e. The molecule has 0 aromatic rings. The van der Waals surface area contributed by atoms with Gasteiger partial charge in [-0.3, -0.25) is 14.1 Å². The van der Waals surface area contributed by atoms with Crippen LogP contribution < -0.4 is 11.1 Å². The van der Waals surface area contributed by atoms with Gasteiger partial charge in [-0.05, 0) is 0 Å². The predicted octanol–water partition coefficient (Wildman–Crippen LogP) is -0.946. The van der Waals surface area contributed by atoms with Gasteiger partial charge in [-0.15, -0.1) is 6.58 Å². The average molecular weight is 211 g/mol. The van der Waals surface area contributed by atoms with Crippen LogP contribution in [0, 0.1) is 0 Å². The van der Waals surface area contributed by atoms with Crippen LogP contribution in [0.15, 0.2) is 17.6 Å². The van der Waals surface area contributed by atoms with Gasteiger partial charge < -0.3 is 11.1 Å². The Kier molecular flexibility index (Phi) is 8.34. The molecule has 78 valence electrons. The van der Waals surface area contributed by atoms with Crippen molar-refractivity contribution >= 4 is 16.4 Å². The second kappa shape index (κ2) is 7.53. The molecule has 5 N–H and O–H groups in total. The highest BCUT2D eigenvalue weighted by Gasteiger charge is 1.84. The van der Waals surface area contributed by atoms with Crippen molar-refractivity contribution < 1.29 is 17.5 Å². The molecule has 0 aromatic carbocycles. The maximum Gasteiger partial charge on any atom is 0.394 e. The molecule has 0 atom stereocenters. The van der Waals surface area contributed by atoms with Crippen molar-refractivity contribution in [1.82, 2.24) is 5.32 Å². The molecular weight excluding hydrogens is 198 g/mol. The highest BCUT2D eigenvalue weighted by molar-refractivity contribution is 7.79. The summed E-state index contributed by atoms with van der Waals surface area (Å²) in [4.78, 5) is 3.66. The molecule has 0 spiro atoms. The number of hydrogen-bond acceptors (Lipinski definition) is 3. The Morgan fingerprint density at radius 2 is 2.08 bits per heavy atom. The van der Waals surface area contributed by atoms with E-state index in [1.54, 1.807) is 13.1 Å². The van der Waals surface area contributed by atoms with Crippen LogP contribution in [0.4, 0.5) is 0 Å². The Morgan fingerprint density at radius 3 is 2.31 bits per heavy atom. The van der Waals surface area contributed by atoms with Crippen molar-refractivity contribution in [1.29, 1.82) is 0 Å². The minimum atomic E-state index is -4.67. The molecule has 0 saturated carbocycles. The van der Waals surface area contributed by atoms with Crippen molar-refractivity contribution in [2.75, 3.05) is 13.6 Å². The molecule has 0 fully saturated rings. The first-order valence-corrected chi connectivity index (χ1v) is 4.47. The van der Waals surface area contributed by atoms with Gasteiger partial charge in [-0.1, -0.05) is 6.08 Å². The summed E-state index contributed by atoms with van der Waals surface area (Å²) in [6.45, 7) is 4.16. The lowest BCUT2D eigenvalue weighted by atomic mass is 10.6. The number of guanidine groups is 1. The molecule has 0 aliphatic rings. The smallest absolute Gasteiger partial charge is 0.370 e. The molecule has 0 saturated heterocycles. The molecule has 0 rings (SSSR count). The summed E-state index contributed by atoms with van der Waals surface area (Å²) in [7, 11) is -3.04. The monoisotopic (exact) mass is 211 g/mol. The average Bonchev–Trinajstić information content (AvgIpc) is 1.97. The first-order chi connectivity index (χ1) is 5.81. The lowest BCUT2D eigenvalue weighted by Gasteiger charge is -1.97. The summed E-state index contributed by atoms with van der Waals surface area (Å²) in [5.41, 5.74) is 5.25. The van der Waals surface area contributed by atoms with E-state index in [-0.39, 0.29) is 0 Å². The second-order valence-electron chi connectivity index (χ2n) is 1.73. The van der Waals surface area contributed by atoms with E-state index < -0.39 is 10.4 Å². The van der Waals surface area contributed by atoms with Crippen molar-refractivity contribution in [2.24, 2.45) is 10.7 Å². The fourth-order valence-electron chi connectivity index (χ4n) is 0.256. The van der Waals surface area contributed by atoms with Crippen LogP contribution >= 0.6 is 0 Å². The van der Waals surface area contributed by atoms with Gasteiger partial charge in [0, 0.05) is 13.6 Å². The minimum absolute atomic E-state index is 0.449. The molecule has 0 bridgehead atoms. The fraction of sp³-hybridized carbons (Fsp3) is 0.400. The first-order valence-electron chi connectivity index (χ1n) is 3.08. The lowest BCUT2D eigenvalue weighted by molar-refractivity contribution is 0.381. The van der Waals surface area contributed by atoms with E-state index in [2.05, 4.69) is 16.9 Å². The van der Waals surface area contributed by atoms with E-state index in [0.29, 0.717) is 12.5 Å². The minimum Gasteiger partial charge on any atom is -0.370 e. The van der Waals surface area contributed by atoms with Crippen LogP contribution in [0.2, 0.25) is 0 Å². The quantitative estimate of drug-likeness (QED) is 0.202. The van der Waals surface area contributed by atoms with Gasteiger partial charge in [0.05, 0.1) is 0 Å². The van der Waals surface area contributed by atoms with Crippen LogP contribution in [-0.2, 0) is 10.4 Å². The first kappa shape index (κ1) is 14.4. The van der Waals surface area contributed by atoms with Gasteiger partial charge >= 0.3 is 10.4 Å². The van der Waals surface area contributed by atoms with Crippen LogP contribution in [0.3, 0.4) is 0 Å². The molecule has 0 unspecified atom stereocenters. The van der Waals surface area contributed by atoms with Crippen LogP contribution in [0.25, 0.3) is 0 Å². The Bertz CT molecular complexity index is 251. The van der Waals surface area contributed by atoms with Gasteiger partial charge in [0.25, 0.3) is 0 Å². The molecular formula is C5H13N3O4S. The van der Waals surface area contributed by atoms with E-state index in [4.69, 9.17) is 23.3 Å². The summed E-state index contributed by atoms with van der Waals surface area (Å²) < 4.78 is 31.6. The van der Waals surface area contributed by atoms with Crippen molar-refractivity contribution in [3.63, 3.8) is 0 Å². The third-order valence-corrected chi connectivity index (χ3v) is 0.668. The Labute approximate surface area is 76.9 Å². The third-order valence-electron chi connectivity index (χ3n) is 0.668. The Morgan fingerprint density at radius 1 is 1.69 bits per heavy atom. The Hall–Kier alpha value is -1.12. The zero-order valence-electron chi connectivity index (χ0n) is 7.14. The number of nitrogens with zero attached hydrogens (tertiary/aromatic N) is 1. The maximum atomic E-state index is 8.74. The molecule has 0 heterocycles. The normalized spacial score (nSPS) is 11.2. The van der Waals surface area contributed by atoms with E-state index >= 15 is 0 Å². The zero-order chi connectivity index (χ0) is 10.9. The lowest BCUT2D eigenvalue weighted by Crippen LogP contribution is -2.31. The maximum absolute atomic E-state index is 8.74. The molecule has 0 aromatic heterocycles. The van der Waals surface area contributed by atoms with Crippen LogP contribution in [-0.4, -0.2) is 37.1 Å². The summed E-state index contributed by atoms with van der Waals surface area (Å²) in [5, 5.41) is 2.79. The number of aliphatic imine (C=N–C) groups is 1. The summed E-state index contributed by atoms with van der Waals surface area (Å²) in [6.07, 6.45) is 1.72. The predicted molar refractivity (Wildman–Crippen MR) is 49.9 cm³/mol. The third kappa shape index (κ3) is 36.0.